The summed E-state index contributed by atoms with van der Waals surface area (Å²) in [5, 5.41) is 15.9. The third kappa shape index (κ3) is 4.13. The summed E-state index contributed by atoms with van der Waals surface area (Å²) in [6, 6.07) is 11.7. The number of fused-ring (bicyclic) bond motifs is 1. The fourth-order valence-electron chi connectivity index (χ4n) is 3.16. The Bertz CT molecular complexity index is 1050. The number of amidine groups is 2. The summed E-state index contributed by atoms with van der Waals surface area (Å²) in [4.78, 5) is 16.8. The molecule has 4 rings (SSSR count). The third-order valence-corrected chi connectivity index (χ3v) is 6.16. The zero-order valence-corrected chi connectivity index (χ0v) is 18.3. The fourth-order valence-corrected chi connectivity index (χ4v) is 4.35. The molecule has 1 N–H and O–H groups in total. The van der Waals surface area contributed by atoms with Gasteiger partial charge in [0.05, 0.1) is 5.57 Å². The molecule has 0 aliphatic carbocycles. The van der Waals surface area contributed by atoms with Crippen LogP contribution in [0.2, 0.25) is 0 Å². The lowest BCUT2D eigenvalue weighted by atomic mass is 10.1. The Morgan fingerprint density at radius 2 is 2.00 bits per heavy atom. The zero-order valence-electron chi connectivity index (χ0n) is 15.9. The van der Waals surface area contributed by atoms with Crippen LogP contribution in [0.1, 0.15) is 38.3 Å². The molecule has 0 saturated carbocycles. The van der Waals surface area contributed by atoms with E-state index < -0.39 is 5.91 Å². The van der Waals surface area contributed by atoms with Crippen LogP contribution in [0.15, 0.2) is 62.7 Å². The molecule has 2 aliphatic heterocycles. The number of hydrazone groups is 1. The van der Waals surface area contributed by atoms with Crippen LogP contribution in [0, 0.1) is 5.41 Å². The summed E-state index contributed by atoms with van der Waals surface area (Å²) >= 11 is 4.84. The standard InChI is InChI=1S/C21H20BrN5OS/c1-2-3-4-7-18-25-27-19(23)17(20(28)24-21(27)29-18)13-16-6-5-12-26(16)15-10-8-14(22)9-11-15/h5-6,8-13,23H,2-4,7H2,1H3/b17-13-,23-19?. The van der Waals surface area contributed by atoms with Crippen LogP contribution in [0.4, 0.5) is 0 Å². The van der Waals surface area contributed by atoms with Gasteiger partial charge in [0.15, 0.2) is 5.84 Å². The van der Waals surface area contributed by atoms with E-state index in [-0.39, 0.29) is 11.4 Å². The molecule has 2 aliphatic rings. The lowest BCUT2D eigenvalue weighted by Crippen LogP contribution is -2.35. The molecule has 3 heterocycles. The lowest BCUT2D eigenvalue weighted by molar-refractivity contribution is -0.114. The summed E-state index contributed by atoms with van der Waals surface area (Å²) in [6.45, 7) is 2.16. The first kappa shape index (κ1) is 19.8. The Kier molecular flexibility index (Phi) is 5.82. The van der Waals surface area contributed by atoms with Gasteiger partial charge < -0.3 is 4.57 Å². The Morgan fingerprint density at radius 1 is 1.21 bits per heavy atom. The van der Waals surface area contributed by atoms with E-state index in [4.69, 9.17) is 5.41 Å². The molecule has 29 heavy (non-hydrogen) atoms. The molecule has 0 atom stereocenters. The van der Waals surface area contributed by atoms with Crippen molar-refractivity contribution in [2.24, 2.45) is 10.1 Å². The quantitative estimate of drug-likeness (QED) is 0.452. The average Bonchev–Trinajstić information content (AvgIpc) is 3.33. The third-order valence-electron chi connectivity index (χ3n) is 4.67. The number of nitrogens with zero attached hydrogens (tertiary/aromatic N) is 4. The number of halogens is 1. The Balaban J connectivity index is 1.62. The van der Waals surface area contributed by atoms with Crippen LogP contribution in [0.3, 0.4) is 0 Å². The molecule has 8 heteroatoms. The van der Waals surface area contributed by atoms with Gasteiger partial charge in [0, 0.05) is 22.1 Å². The second kappa shape index (κ2) is 8.51. The second-order valence-corrected chi connectivity index (χ2v) is 8.71. The highest BCUT2D eigenvalue weighted by atomic mass is 79.9. The number of carbonyl (C=O) groups excluding carboxylic acids is 1. The molecule has 0 spiro atoms. The number of benzene rings is 1. The van der Waals surface area contributed by atoms with E-state index in [1.54, 1.807) is 6.08 Å². The van der Waals surface area contributed by atoms with Crippen LogP contribution in [-0.2, 0) is 4.79 Å². The lowest BCUT2D eigenvalue weighted by Gasteiger charge is -2.20. The Hall–Kier alpha value is -2.45. The van der Waals surface area contributed by atoms with E-state index in [1.165, 1.54) is 16.8 Å². The van der Waals surface area contributed by atoms with Crippen molar-refractivity contribution < 1.29 is 4.79 Å². The van der Waals surface area contributed by atoms with Crippen molar-refractivity contribution in [2.45, 2.75) is 32.6 Å². The maximum atomic E-state index is 12.6. The largest absolute Gasteiger partial charge is 0.317 e. The van der Waals surface area contributed by atoms with Crippen molar-refractivity contribution in [1.82, 2.24) is 9.58 Å². The van der Waals surface area contributed by atoms with Gasteiger partial charge in [-0.25, -0.2) is 0 Å². The second-order valence-electron chi connectivity index (χ2n) is 6.75. The van der Waals surface area contributed by atoms with Crippen molar-refractivity contribution in [3.8, 4) is 5.69 Å². The van der Waals surface area contributed by atoms with E-state index in [9.17, 15) is 4.79 Å². The topological polar surface area (TPSA) is 73.8 Å². The number of rotatable bonds is 6. The zero-order chi connectivity index (χ0) is 20.4. The van der Waals surface area contributed by atoms with Gasteiger partial charge in [-0.2, -0.15) is 15.1 Å². The normalized spacial score (nSPS) is 17.6. The van der Waals surface area contributed by atoms with Crippen LogP contribution < -0.4 is 0 Å². The number of unbranched alkanes of at least 4 members (excludes halogenated alkanes) is 2. The van der Waals surface area contributed by atoms with Crippen LogP contribution >= 0.6 is 27.7 Å². The van der Waals surface area contributed by atoms with Gasteiger partial charge in [-0.1, -0.05) is 35.7 Å². The predicted octanol–water partition coefficient (Wildman–Crippen LogP) is 5.44. The first-order chi connectivity index (χ1) is 14.1. The minimum atomic E-state index is -0.401. The highest BCUT2D eigenvalue weighted by Gasteiger charge is 2.35. The average molecular weight is 470 g/mol. The maximum Gasteiger partial charge on any atom is 0.283 e. The van der Waals surface area contributed by atoms with Crippen LogP contribution in [0.25, 0.3) is 11.8 Å². The summed E-state index contributed by atoms with van der Waals surface area (Å²) in [5.74, 6) is -0.330. The number of hydrogen-bond donors (Lipinski definition) is 1. The molecule has 6 nitrogen and oxygen atoms in total. The SMILES string of the molecule is CCCCCC1=NN2C(=N)/C(=C/c3cccn3-c3ccc(Br)cc3)C(=O)N=C2S1. The van der Waals surface area contributed by atoms with Crippen molar-refractivity contribution in [3.05, 3.63) is 58.3 Å². The highest BCUT2D eigenvalue weighted by molar-refractivity contribution is 9.10. The molecule has 1 amide bonds. The molecule has 0 bridgehead atoms. The first-order valence-corrected chi connectivity index (χ1v) is 11.1. The molecule has 1 aromatic heterocycles. The molecular weight excluding hydrogens is 450 g/mol. The molecule has 0 unspecified atom stereocenters. The number of carbonyl (C=O) groups is 1. The van der Waals surface area contributed by atoms with Gasteiger partial charge in [0.1, 0.15) is 5.04 Å². The number of thioether (sulfide) groups is 1. The summed E-state index contributed by atoms with van der Waals surface area (Å²) in [7, 11) is 0. The maximum absolute atomic E-state index is 12.6. The van der Waals surface area contributed by atoms with E-state index in [0.717, 1.165) is 46.6 Å². The fraction of sp³-hybridized carbons (Fsp3) is 0.238. The molecule has 148 valence electrons. The van der Waals surface area contributed by atoms with Gasteiger partial charge in [-0.05, 0) is 67.1 Å². The van der Waals surface area contributed by atoms with Crippen molar-refractivity contribution >= 4 is 55.7 Å². The Morgan fingerprint density at radius 3 is 2.76 bits per heavy atom. The summed E-state index contributed by atoms with van der Waals surface area (Å²) < 4.78 is 2.97. The number of aliphatic imine (C=N–C) groups is 1. The van der Waals surface area contributed by atoms with Gasteiger partial charge in [-0.15, -0.1) is 0 Å². The summed E-state index contributed by atoms with van der Waals surface area (Å²) in [6.07, 6.45) is 7.82. The van der Waals surface area contributed by atoms with E-state index in [2.05, 4.69) is 32.9 Å². The molecule has 0 saturated heterocycles. The minimum absolute atomic E-state index is 0.0709. The molecule has 0 fully saturated rings. The van der Waals surface area contributed by atoms with Crippen LogP contribution in [-0.4, -0.2) is 31.5 Å². The number of nitrogens with one attached hydrogen (secondary N) is 1. The number of hydrogen-bond acceptors (Lipinski definition) is 4. The highest BCUT2D eigenvalue weighted by Crippen LogP contribution is 2.30. The number of aromatic nitrogens is 1. The van der Waals surface area contributed by atoms with E-state index >= 15 is 0 Å². The monoisotopic (exact) mass is 469 g/mol. The number of amides is 1. The Labute approximate surface area is 182 Å². The predicted molar refractivity (Wildman–Crippen MR) is 123 cm³/mol. The van der Waals surface area contributed by atoms with Gasteiger partial charge in [0.25, 0.3) is 5.91 Å². The summed E-state index contributed by atoms with van der Waals surface area (Å²) in [5.41, 5.74) is 2.01. The van der Waals surface area contributed by atoms with E-state index in [1.807, 2.05) is 47.2 Å². The first-order valence-electron chi connectivity index (χ1n) is 9.49. The van der Waals surface area contributed by atoms with Crippen LogP contribution in [0.5, 0.6) is 0 Å². The van der Waals surface area contributed by atoms with Gasteiger partial charge in [0.2, 0.25) is 5.17 Å². The van der Waals surface area contributed by atoms with E-state index in [0.29, 0.717) is 5.17 Å². The molecule has 1 aromatic carbocycles. The van der Waals surface area contributed by atoms with Gasteiger partial charge in [-0.3, -0.25) is 10.2 Å². The van der Waals surface area contributed by atoms with Gasteiger partial charge >= 0.3 is 0 Å². The van der Waals surface area contributed by atoms with Crippen molar-refractivity contribution in [1.29, 1.82) is 5.41 Å². The minimum Gasteiger partial charge on any atom is -0.317 e. The van der Waals surface area contributed by atoms with Crippen molar-refractivity contribution in [3.63, 3.8) is 0 Å². The smallest absolute Gasteiger partial charge is 0.283 e. The molecule has 2 aromatic rings. The molecular formula is C21H20BrN5OS. The van der Waals surface area contributed by atoms with Crippen molar-refractivity contribution in [2.75, 3.05) is 0 Å². The molecule has 0 radical (unpaired) electrons.